The van der Waals surface area contributed by atoms with Gasteiger partial charge in [-0.15, -0.1) is 0 Å². The molecule has 0 aliphatic heterocycles. The molecular weight excluding hydrogens is 232 g/mol. The van der Waals surface area contributed by atoms with Gasteiger partial charge in [-0.2, -0.15) is 0 Å². The highest BCUT2D eigenvalue weighted by atomic mass is 16.6. The van der Waals surface area contributed by atoms with Crippen LogP contribution in [0, 0.1) is 11.8 Å². The first-order valence-electron chi connectivity index (χ1n) is 6.55. The fourth-order valence-corrected chi connectivity index (χ4v) is 2.48. The Morgan fingerprint density at radius 3 is 0.778 bits per heavy atom. The molecule has 4 atom stereocenters. The lowest BCUT2D eigenvalue weighted by Crippen LogP contribution is -2.51. The van der Waals surface area contributed by atoms with Gasteiger partial charge < -0.3 is 18.9 Å². The molecule has 0 aliphatic carbocycles. The topological polar surface area (TPSA) is 36.9 Å². The Morgan fingerprint density at radius 1 is 0.444 bits per heavy atom. The van der Waals surface area contributed by atoms with Crippen LogP contribution in [-0.2, 0) is 18.9 Å². The maximum absolute atomic E-state index is 5.62. The summed E-state index contributed by atoms with van der Waals surface area (Å²) in [5.74, 6) is 0.699. The van der Waals surface area contributed by atoms with E-state index in [1.165, 1.54) is 0 Å². The van der Waals surface area contributed by atoms with Crippen molar-refractivity contribution in [2.45, 2.75) is 52.1 Å². The molecule has 0 aliphatic rings. The molecule has 0 rings (SSSR count). The van der Waals surface area contributed by atoms with Gasteiger partial charge in [0.2, 0.25) is 0 Å². The van der Waals surface area contributed by atoms with E-state index in [0.29, 0.717) is 11.8 Å². The lowest BCUT2D eigenvalue weighted by atomic mass is 9.90. The van der Waals surface area contributed by atoms with Crippen molar-refractivity contribution >= 4 is 0 Å². The zero-order valence-corrected chi connectivity index (χ0v) is 13.1. The lowest BCUT2D eigenvalue weighted by Gasteiger charge is -2.38. The van der Waals surface area contributed by atoms with Crippen LogP contribution < -0.4 is 0 Å². The van der Waals surface area contributed by atoms with Gasteiger partial charge in [0.25, 0.3) is 0 Å². The maximum atomic E-state index is 5.62. The summed E-state index contributed by atoms with van der Waals surface area (Å²) in [4.78, 5) is 0. The van der Waals surface area contributed by atoms with Crippen molar-refractivity contribution in [2.24, 2.45) is 11.8 Å². The Labute approximate surface area is 112 Å². The van der Waals surface area contributed by atoms with Crippen LogP contribution in [0.3, 0.4) is 0 Å². The molecule has 0 spiro atoms. The minimum absolute atomic E-state index is 0.0173. The molecule has 0 fully saturated rings. The molecule has 18 heavy (non-hydrogen) atoms. The summed E-state index contributed by atoms with van der Waals surface area (Å²) in [6.07, 6.45) is -0.326. The second-order valence-electron chi connectivity index (χ2n) is 5.29. The molecule has 0 saturated carbocycles. The van der Waals surface area contributed by atoms with Gasteiger partial charge in [0.15, 0.2) is 0 Å². The van der Waals surface area contributed by atoms with Crippen LogP contribution in [0.5, 0.6) is 0 Å². The molecular formula is C14H30O4. The predicted octanol–water partition coefficient (Wildman–Crippen LogP) is 2.36. The van der Waals surface area contributed by atoms with Crippen LogP contribution >= 0.6 is 0 Å². The SMILES string of the molecule is COC(C(C)C)C(OC)C(OC)C(OC)C(C)C. The van der Waals surface area contributed by atoms with Crippen molar-refractivity contribution in [1.82, 2.24) is 0 Å². The number of rotatable bonds is 9. The summed E-state index contributed by atoms with van der Waals surface area (Å²) < 4.78 is 22.4. The van der Waals surface area contributed by atoms with E-state index in [4.69, 9.17) is 18.9 Å². The van der Waals surface area contributed by atoms with E-state index in [9.17, 15) is 0 Å². The number of ether oxygens (including phenoxy) is 4. The van der Waals surface area contributed by atoms with Crippen molar-refractivity contribution in [2.75, 3.05) is 28.4 Å². The molecule has 0 aromatic carbocycles. The Hall–Kier alpha value is -0.160. The Morgan fingerprint density at radius 2 is 0.667 bits per heavy atom. The third-order valence-electron chi connectivity index (χ3n) is 3.37. The molecule has 0 radical (unpaired) electrons. The van der Waals surface area contributed by atoms with E-state index in [1.807, 2.05) is 0 Å². The van der Waals surface area contributed by atoms with E-state index < -0.39 is 0 Å². The van der Waals surface area contributed by atoms with Gasteiger partial charge in [-0.05, 0) is 11.8 Å². The van der Waals surface area contributed by atoms with Crippen molar-refractivity contribution in [1.29, 1.82) is 0 Å². The molecule has 4 unspecified atom stereocenters. The highest BCUT2D eigenvalue weighted by Gasteiger charge is 2.38. The monoisotopic (exact) mass is 262 g/mol. The fraction of sp³-hybridized carbons (Fsp3) is 1.00. The first-order valence-corrected chi connectivity index (χ1v) is 6.55. The summed E-state index contributed by atoms with van der Waals surface area (Å²) in [5.41, 5.74) is 0. The first kappa shape index (κ1) is 17.8. The molecule has 0 heterocycles. The lowest BCUT2D eigenvalue weighted by molar-refractivity contribution is -0.165. The van der Waals surface area contributed by atoms with Crippen LogP contribution in [0.4, 0.5) is 0 Å². The van der Waals surface area contributed by atoms with Gasteiger partial charge in [0, 0.05) is 28.4 Å². The highest BCUT2D eigenvalue weighted by Crippen LogP contribution is 2.24. The number of hydrogen-bond donors (Lipinski definition) is 0. The third-order valence-corrected chi connectivity index (χ3v) is 3.37. The first-order chi connectivity index (χ1) is 8.44. The zero-order valence-electron chi connectivity index (χ0n) is 13.1. The van der Waals surface area contributed by atoms with Gasteiger partial charge >= 0.3 is 0 Å². The summed E-state index contributed by atoms with van der Waals surface area (Å²) in [5, 5.41) is 0. The summed E-state index contributed by atoms with van der Waals surface area (Å²) >= 11 is 0. The van der Waals surface area contributed by atoms with Crippen molar-refractivity contribution < 1.29 is 18.9 Å². The van der Waals surface area contributed by atoms with Gasteiger partial charge in [0.1, 0.15) is 12.2 Å². The van der Waals surface area contributed by atoms with Crippen molar-refractivity contribution in [3.63, 3.8) is 0 Å². The van der Waals surface area contributed by atoms with E-state index in [2.05, 4.69) is 27.7 Å². The van der Waals surface area contributed by atoms with Crippen molar-refractivity contribution in [3.8, 4) is 0 Å². The van der Waals surface area contributed by atoms with Gasteiger partial charge in [-0.3, -0.25) is 0 Å². The largest absolute Gasteiger partial charge is 0.378 e. The Kier molecular flexibility index (Phi) is 8.78. The number of hydrogen-bond acceptors (Lipinski definition) is 4. The summed E-state index contributed by atoms with van der Waals surface area (Å²) in [6, 6.07) is 0. The maximum Gasteiger partial charge on any atom is 0.112 e. The van der Waals surface area contributed by atoms with E-state index >= 15 is 0 Å². The smallest absolute Gasteiger partial charge is 0.112 e. The number of methoxy groups -OCH3 is 4. The predicted molar refractivity (Wildman–Crippen MR) is 72.9 cm³/mol. The summed E-state index contributed by atoms with van der Waals surface area (Å²) in [7, 11) is 6.80. The minimum atomic E-state index is -0.146. The molecule has 0 aromatic heterocycles. The molecule has 0 aromatic rings. The Balaban J connectivity index is 5.06. The summed E-state index contributed by atoms with van der Waals surface area (Å²) in [6.45, 7) is 8.46. The molecule has 4 heteroatoms. The van der Waals surface area contributed by atoms with Crippen LogP contribution in [0.2, 0.25) is 0 Å². The Bertz CT molecular complexity index is 184. The van der Waals surface area contributed by atoms with Crippen LogP contribution in [0.25, 0.3) is 0 Å². The second-order valence-corrected chi connectivity index (χ2v) is 5.29. The molecule has 0 bridgehead atoms. The standard InChI is InChI=1S/C14H30O4/c1-9(2)11(15-5)13(17-7)14(18-8)12(16-6)10(3)4/h9-14H,1-8H3. The van der Waals surface area contributed by atoms with E-state index in [-0.39, 0.29) is 24.4 Å². The van der Waals surface area contributed by atoms with Crippen LogP contribution in [0.15, 0.2) is 0 Å². The molecule has 0 N–H and O–H groups in total. The average molecular weight is 262 g/mol. The average Bonchev–Trinajstić information content (AvgIpc) is 2.32. The molecule has 0 amide bonds. The van der Waals surface area contributed by atoms with Crippen LogP contribution in [0.1, 0.15) is 27.7 Å². The molecule has 110 valence electrons. The normalized spacial score (nSPS) is 19.0. The van der Waals surface area contributed by atoms with Gasteiger partial charge in [0.05, 0.1) is 12.2 Å². The third kappa shape index (κ3) is 4.50. The van der Waals surface area contributed by atoms with Gasteiger partial charge in [-0.25, -0.2) is 0 Å². The molecule has 0 saturated heterocycles. The minimum Gasteiger partial charge on any atom is -0.378 e. The second kappa shape index (κ2) is 8.86. The molecule has 4 nitrogen and oxygen atoms in total. The highest BCUT2D eigenvalue weighted by molar-refractivity contribution is 4.87. The zero-order chi connectivity index (χ0) is 14.3. The van der Waals surface area contributed by atoms with Crippen LogP contribution in [-0.4, -0.2) is 52.9 Å². The fourth-order valence-electron chi connectivity index (χ4n) is 2.48. The van der Waals surface area contributed by atoms with E-state index in [0.717, 1.165) is 0 Å². The van der Waals surface area contributed by atoms with Gasteiger partial charge in [-0.1, -0.05) is 27.7 Å². The van der Waals surface area contributed by atoms with E-state index in [1.54, 1.807) is 28.4 Å². The quantitative estimate of drug-likeness (QED) is 0.639. The van der Waals surface area contributed by atoms with Crippen molar-refractivity contribution in [3.05, 3.63) is 0 Å².